The summed E-state index contributed by atoms with van der Waals surface area (Å²) in [6.45, 7) is 13.4. The monoisotopic (exact) mass is 433 g/mol. The lowest BCUT2D eigenvalue weighted by Crippen LogP contribution is -2.39. The van der Waals surface area contributed by atoms with Crippen LogP contribution in [0, 0.1) is 18.8 Å². The van der Waals surface area contributed by atoms with E-state index >= 15 is 0 Å². The van der Waals surface area contributed by atoms with Gasteiger partial charge in [0.15, 0.2) is 0 Å². The van der Waals surface area contributed by atoms with Crippen molar-refractivity contribution in [1.82, 2.24) is 20.2 Å². The highest BCUT2D eigenvalue weighted by atomic mass is 16.5. The van der Waals surface area contributed by atoms with E-state index in [-0.39, 0.29) is 11.5 Å². The number of carbonyl (C=O) groups excluding carboxylic acids is 1. The van der Waals surface area contributed by atoms with Crippen LogP contribution in [0.1, 0.15) is 50.8 Å². The molecule has 3 rings (SSSR count). The number of amides is 1. The number of piperidine rings is 1. The third-order valence-electron chi connectivity index (χ3n) is 6.29. The molecule has 8 nitrogen and oxygen atoms in total. The second-order valence-corrected chi connectivity index (χ2v) is 9.32. The lowest BCUT2D eigenvalue weighted by atomic mass is 9.92. The highest BCUT2D eigenvalue weighted by Gasteiger charge is 2.21. The molecule has 8 heteroatoms. The van der Waals surface area contributed by atoms with E-state index in [1.54, 1.807) is 0 Å². The SMILES string of the molecule is Cc1nc(N2CCOCC2)[nH]c(=O)c1CCC(=O)NCCCCN1CC(C)CC(C)C1. The van der Waals surface area contributed by atoms with E-state index in [2.05, 4.69) is 34.0 Å². The lowest BCUT2D eigenvalue weighted by Gasteiger charge is -2.34. The van der Waals surface area contributed by atoms with Gasteiger partial charge in [-0.05, 0) is 51.0 Å². The Bertz CT molecular complexity index is 765. The molecule has 0 spiro atoms. The topological polar surface area (TPSA) is 90.6 Å². The van der Waals surface area contributed by atoms with E-state index in [1.807, 2.05) is 11.8 Å². The largest absolute Gasteiger partial charge is 0.378 e. The van der Waals surface area contributed by atoms with Crippen LogP contribution in [-0.4, -0.2) is 73.3 Å². The predicted molar refractivity (Wildman–Crippen MR) is 123 cm³/mol. The third kappa shape index (κ3) is 7.31. The van der Waals surface area contributed by atoms with Crippen LogP contribution < -0.4 is 15.8 Å². The third-order valence-corrected chi connectivity index (χ3v) is 6.29. The van der Waals surface area contributed by atoms with Gasteiger partial charge in [-0.1, -0.05) is 13.8 Å². The molecule has 1 aromatic rings. The van der Waals surface area contributed by atoms with Gasteiger partial charge < -0.3 is 19.9 Å². The number of likely N-dealkylation sites (tertiary alicyclic amines) is 1. The van der Waals surface area contributed by atoms with Crippen molar-refractivity contribution in [2.75, 3.05) is 57.4 Å². The molecule has 2 aliphatic rings. The van der Waals surface area contributed by atoms with Crippen LogP contribution in [-0.2, 0) is 16.0 Å². The zero-order valence-electron chi connectivity index (χ0n) is 19.4. The van der Waals surface area contributed by atoms with Crippen LogP contribution in [0.5, 0.6) is 0 Å². The molecular formula is C23H39N5O3. The zero-order chi connectivity index (χ0) is 22.2. The average molecular weight is 434 g/mol. The standard InChI is InChI=1S/C23H39N5O3/c1-17-14-18(2)16-27(15-17)9-5-4-8-24-21(29)7-6-20-19(3)25-23(26-22(20)30)28-10-12-31-13-11-28/h17-18H,4-16H2,1-3H3,(H,24,29)(H,25,26,30). The number of aromatic nitrogens is 2. The Morgan fingerprint density at radius 2 is 1.90 bits per heavy atom. The molecule has 2 N–H and O–H groups in total. The molecule has 2 atom stereocenters. The van der Waals surface area contributed by atoms with Gasteiger partial charge in [0.1, 0.15) is 0 Å². The molecule has 1 aromatic heterocycles. The second kappa shape index (κ2) is 11.6. The van der Waals surface area contributed by atoms with Crippen molar-refractivity contribution in [3.63, 3.8) is 0 Å². The number of ether oxygens (including phenoxy) is 1. The van der Waals surface area contributed by atoms with Gasteiger partial charge in [0.25, 0.3) is 5.56 Å². The minimum Gasteiger partial charge on any atom is -0.378 e. The summed E-state index contributed by atoms with van der Waals surface area (Å²) in [4.78, 5) is 36.8. The molecule has 2 fully saturated rings. The van der Waals surface area contributed by atoms with E-state index in [0.29, 0.717) is 49.8 Å². The smallest absolute Gasteiger partial charge is 0.255 e. The Morgan fingerprint density at radius 3 is 2.58 bits per heavy atom. The molecule has 0 saturated carbocycles. The van der Waals surface area contributed by atoms with Gasteiger partial charge in [0.2, 0.25) is 11.9 Å². The van der Waals surface area contributed by atoms with Crippen LogP contribution in [0.2, 0.25) is 0 Å². The van der Waals surface area contributed by atoms with Gasteiger partial charge in [-0.15, -0.1) is 0 Å². The molecular weight excluding hydrogens is 394 g/mol. The first-order valence-electron chi connectivity index (χ1n) is 11.8. The van der Waals surface area contributed by atoms with Crippen molar-refractivity contribution >= 4 is 11.9 Å². The van der Waals surface area contributed by atoms with Crippen LogP contribution in [0.15, 0.2) is 4.79 Å². The molecule has 0 bridgehead atoms. The fraction of sp³-hybridized carbons (Fsp3) is 0.783. The fourth-order valence-corrected chi connectivity index (χ4v) is 4.80. The number of anilines is 1. The molecule has 3 heterocycles. The number of aryl methyl sites for hydroxylation is 1. The van der Waals surface area contributed by atoms with Gasteiger partial charge >= 0.3 is 0 Å². The Kier molecular flexibility index (Phi) is 8.90. The minimum atomic E-state index is -0.146. The summed E-state index contributed by atoms with van der Waals surface area (Å²) in [5, 5.41) is 3.00. The number of morpholine rings is 1. The number of nitrogens with zero attached hydrogens (tertiary/aromatic N) is 3. The Labute approximate surface area is 185 Å². The normalized spacial score (nSPS) is 22.5. The first kappa shape index (κ1) is 23.7. The summed E-state index contributed by atoms with van der Waals surface area (Å²) in [6.07, 6.45) is 4.14. The van der Waals surface area contributed by atoms with Gasteiger partial charge in [0.05, 0.1) is 13.2 Å². The maximum Gasteiger partial charge on any atom is 0.255 e. The van der Waals surface area contributed by atoms with Crippen molar-refractivity contribution in [3.8, 4) is 0 Å². The molecule has 2 aliphatic heterocycles. The fourth-order valence-electron chi connectivity index (χ4n) is 4.80. The number of rotatable bonds is 9. The predicted octanol–water partition coefficient (Wildman–Crippen LogP) is 1.72. The Hall–Kier alpha value is -1.93. The summed E-state index contributed by atoms with van der Waals surface area (Å²) in [6, 6.07) is 0. The second-order valence-electron chi connectivity index (χ2n) is 9.32. The number of nitrogens with one attached hydrogen (secondary N) is 2. The number of H-pyrrole nitrogens is 1. The van der Waals surface area contributed by atoms with Crippen molar-refractivity contribution in [3.05, 3.63) is 21.6 Å². The number of unbranched alkanes of at least 4 members (excludes halogenated alkanes) is 1. The van der Waals surface area contributed by atoms with Gasteiger partial charge in [-0.3, -0.25) is 14.6 Å². The molecule has 31 heavy (non-hydrogen) atoms. The highest BCUT2D eigenvalue weighted by Crippen LogP contribution is 2.21. The quantitative estimate of drug-likeness (QED) is 0.577. The maximum absolute atomic E-state index is 12.5. The van der Waals surface area contributed by atoms with E-state index in [0.717, 1.165) is 44.3 Å². The molecule has 0 aromatic carbocycles. The van der Waals surface area contributed by atoms with Gasteiger partial charge in [-0.2, -0.15) is 0 Å². The van der Waals surface area contributed by atoms with Crippen LogP contribution in [0.3, 0.4) is 0 Å². The molecule has 174 valence electrons. The summed E-state index contributed by atoms with van der Waals surface area (Å²) in [5.41, 5.74) is 1.15. The zero-order valence-corrected chi connectivity index (χ0v) is 19.4. The average Bonchev–Trinajstić information content (AvgIpc) is 2.72. The highest BCUT2D eigenvalue weighted by molar-refractivity contribution is 5.76. The van der Waals surface area contributed by atoms with E-state index in [1.165, 1.54) is 19.5 Å². The van der Waals surface area contributed by atoms with Gasteiger partial charge in [-0.25, -0.2) is 4.98 Å². The maximum atomic E-state index is 12.5. The first-order valence-corrected chi connectivity index (χ1v) is 11.8. The molecule has 0 aliphatic carbocycles. The Morgan fingerprint density at radius 1 is 1.19 bits per heavy atom. The first-order chi connectivity index (χ1) is 14.9. The van der Waals surface area contributed by atoms with Crippen molar-refractivity contribution in [1.29, 1.82) is 0 Å². The van der Waals surface area contributed by atoms with E-state index < -0.39 is 0 Å². The van der Waals surface area contributed by atoms with Crippen LogP contribution in [0.4, 0.5) is 5.95 Å². The summed E-state index contributed by atoms with van der Waals surface area (Å²) in [7, 11) is 0. The molecule has 0 radical (unpaired) electrons. The van der Waals surface area contributed by atoms with Crippen molar-refractivity contribution < 1.29 is 9.53 Å². The molecule has 2 unspecified atom stereocenters. The van der Waals surface area contributed by atoms with Crippen molar-refractivity contribution in [2.24, 2.45) is 11.8 Å². The summed E-state index contributed by atoms with van der Waals surface area (Å²) >= 11 is 0. The number of hydrogen-bond acceptors (Lipinski definition) is 6. The van der Waals surface area contributed by atoms with Crippen LogP contribution in [0.25, 0.3) is 0 Å². The van der Waals surface area contributed by atoms with Gasteiger partial charge in [0, 0.05) is 50.4 Å². The summed E-state index contributed by atoms with van der Waals surface area (Å²) < 4.78 is 5.35. The molecule has 1 amide bonds. The van der Waals surface area contributed by atoms with Crippen molar-refractivity contribution in [2.45, 2.75) is 52.9 Å². The number of aromatic amines is 1. The van der Waals surface area contributed by atoms with E-state index in [9.17, 15) is 9.59 Å². The minimum absolute atomic E-state index is 0.00345. The lowest BCUT2D eigenvalue weighted by molar-refractivity contribution is -0.121. The summed E-state index contributed by atoms with van der Waals surface area (Å²) in [5.74, 6) is 2.16. The molecule has 2 saturated heterocycles. The van der Waals surface area contributed by atoms with E-state index in [4.69, 9.17) is 4.74 Å². The van der Waals surface area contributed by atoms with Crippen LogP contribution >= 0.6 is 0 Å². The number of carbonyl (C=O) groups is 1. The number of hydrogen-bond donors (Lipinski definition) is 2. The Balaban J connectivity index is 1.36.